The Balaban J connectivity index is 2.11. The molecule has 0 bridgehead atoms. The van der Waals surface area contributed by atoms with Crippen LogP contribution >= 0.6 is 0 Å². The first-order chi connectivity index (χ1) is 11.8. The first-order valence-corrected chi connectivity index (χ1v) is 9.44. The zero-order valence-corrected chi connectivity index (χ0v) is 15.1. The highest BCUT2D eigenvalue weighted by Crippen LogP contribution is 2.25. The number of non-ortho nitro benzene ring substituents is 1. The molecule has 0 atom stereocenters. The van der Waals surface area contributed by atoms with Gasteiger partial charge in [0.2, 0.25) is 15.9 Å². The molecular formula is C15H22N4O5S. The summed E-state index contributed by atoms with van der Waals surface area (Å²) in [6, 6.07) is 3.83. The number of hydrogen-bond acceptors (Lipinski definition) is 6. The summed E-state index contributed by atoms with van der Waals surface area (Å²) in [5.74, 6) is -0.0895. The Bertz CT molecular complexity index is 757. The molecule has 1 aromatic rings. The Hall–Kier alpha value is -2.04. The lowest BCUT2D eigenvalue weighted by atomic mass is 10.2. The van der Waals surface area contributed by atoms with E-state index in [9.17, 15) is 23.3 Å². The van der Waals surface area contributed by atoms with Crippen molar-refractivity contribution in [2.24, 2.45) is 0 Å². The number of aryl methyl sites for hydroxylation is 1. The molecule has 0 spiro atoms. The molecule has 1 heterocycles. The number of carbonyl (C=O) groups excluding carboxylic acids is 1. The lowest BCUT2D eigenvalue weighted by molar-refractivity contribution is -0.385. The minimum absolute atomic E-state index is 0.0427. The van der Waals surface area contributed by atoms with Gasteiger partial charge in [-0.25, -0.2) is 8.42 Å². The number of hydrogen-bond donors (Lipinski definition) is 1. The number of rotatable bonds is 6. The zero-order valence-electron chi connectivity index (χ0n) is 14.3. The first kappa shape index (κ1) is 19.3. The largest absolute Gasteiger partial charge is 0.355 e. The highest BCUT2D eigenvalue weighted by molar-refractivity contribution is 7.89. The molecule has 25 heavy (non-hydrogen) atoms. The maximum absolute atomic E-state index is 12.8. The Kier molecular flexibility index (Phi) is 6.09. The highest BCUT2D eigenvalue weighted by atomic mass is 32.2. The fraction of sp³-hybridized carbons (Fsp3) is 0.533. The van der Waals surface area contributed by atoms with Crippen molar-refractivity contribution in [2.45, 2.75) is 18.7 Å². The van der Waals surface area contributed by atoms with Gasteiger partial charge >= 0.3 is 0 Å². The molecule has 9 nitrogen and oxygen atoms in total. The van der Waals surface area contributed by atoms with Crippen molar-refractivity contribution in [3.63, 3.8) is 0 Å². The molecule has 1 aliphatic heterocycles. The van der Waals surface area contributed by atoms with Crippen molar-refractivity contribution >= 4 is 21.6 Å². The number of amides is 1. The predicted molar refractivity (Wildman–Crippen MR) is 91.7 cm³/mol. The van der Waals surface area contributed by atoms with Crippen molar-refractivity contribution in [3.8, 4) is 0 Å². The van der Waals surface area contributed by atoms with Crippen LogP contribution in [0.2, 0.25) is 0 Å². The van der Waals surface area contributed by atoms with E-state index in [1.165, 1.54) is 16.4 Å². The maximum Gasteiger partial charge on any atom is 0.270 e. The lowest BCUT2D eigenvalue weighted by Gasteiger charge is -2.33. The molecule has 10 heteroatoms. The number of likely N-dealkylation sites (N-methyl/N-ethyl adjacent to an activating group) is 1. The number of piperazine rings is 1. The zero-order chi connectivity index (χ0) is 18.6. The fourth-order valence-corrected chi connectivity index (χ4v) is 4.37. The topological polar surface area (TPSA) is 113 Å². The van der Waals surface area contributed by atoms with Crippen LogP contribution in [-0.4, -0.2) is 67.7 Å². The Labute approximate surface area is 146 Å². The van der Waals surface area contributed by atoms with Crippen LogP contribution in [0.3, 0.4) is 0 Å². The molecule has 1 aromatic carbocycles. The third-order valence-electron chi connectivity index (χ3n) is 4.07. The number of carbonyl (C=O) groups is 1. The van der Waals surface area contributed by atoms with Gasteiger partial charge in [-0.05, 0) is 19.4 Å². The summed E-state index contributed by atoms with van der Waals surface area (Å²) >= 11 is 0. The average Bonchev–Trinajstić information content (AvgIpc) is 2.55. The average molecular weight is 370 g/mol. The van der Waals surface area contributed by atoms with E-state index in [0.717, 1.165) is 6.07 Å². The maximum atomic E-state index is 12.8. The number of nitrogens with one attached hydrogen (secondary N) is 1. The van der Waals surface area contributed by atoms with Gasteiger partial charge in [0.15, 0.2) is 0 Å². The van der Waals surface area contributed by atoms with Crippen LogP contribution in [0, 0.1) is 17.0 Å². The second-order valence-electron chi connectivity index (χ2n) is 5.84. The normalized spacial score (nSPS) is 16.6. The standard InChI is InChI=1S/C15H22N4O5S/c1-3-16-15(20)11-17-6-8-18(9-7-17)25(23,24)14-10-13(19(21)22)5-4-12(14)2/h4-5,10H,3,6-9,11H2,1-2H3,(H,16,20). The van der Waals surface area contributed by atoms with Crippen LogP contribution in [0.1, 0.15) is 12.5 Å². The molecule has 1 aliphatic rings. The number of nitro benzene ring substituents is 1. The minimum Gasteiger partial charge on any atom is -0.355 e. The third-order valence-corrected chi connectivity index (χ3v) is 6.11. The Morgan fingerprint density at radius 2 is 1.92 bits per heavy atom. The SMILES string of the molecule is CCNC(=O)CN1CCN(S(=O)(=O)c2cc([N+](=O)[O-])ccc2C)CC1. The molecule has 0 unspecified atom stereocenters. The van der Waals surface area contributed by atoms with Crippen LogP contribution in [0.4, 0.5) is 5.69 Å². The van der Waals surface area contributed by atoms with Gasteiger partial charge in [0.05, 0.1) is 16.4 Å². The van der Waals surface area contributed by atoms with Gasteiger partial charge in [0.1, 0.15) is 0 Å². The van der Waals surface area contributed by atoms with Gasteiger partial charge in [0.25, 0.3) is 5.69 Å². The summed E-state index contributed by atoms with van der Waals surface area (Å²) in [4.78, 5) is 23.8. The van der Waals surface area contributed by atoms with E-state index >= 15 is 0 Å². The summed E-state index contributed by atoms with van der Waals surface area (Å²) in [5.41, 5.74) is 0.217. The van der Waals surface area contributed by atoms with Gasteiger partial charge in [0, 0.05) is 44.9 Å². The highest BCUT2D eigenvalue weighted by Gasteiger charge is 2.31. The first-order valence-electron chi connectivity index (χ1n) is 8.00. The summed E-state index contributed by atoms with van der Waals surface area (Å²) in [6.45, 7) is 5.59. The van der Waals surface area contributed by atoms with Crippen LogP contribution in [0.15, 0.2) is 23.1 Å². The number of sulfonamides is 1. The summed E-state index contributed by atoms with van der Waals surface area (Å²) < 4.78 is 27.0. The Morgan fingerprint density at radius 1 is 1.28 bits per heavy atom. The number of benzene rings is 1. The van der Waals surface area contributed by atoms with Crippen LogP contribution in [-0.2, 0) is 14.8 Å². The summed E-state index contributed by atoms with van der Waals surface area (Å²) in [5, 5.41) is 13.6. The van der Waals surface area contributed by atoms with Crippen molar-refractivity contribution < 1.29 is 18.1 Å². The second kappa shape index (κ2) is 7.89. The van der Waals surface area contributed by atoms with E-state index < -0.39 is 14.9 Å². The molecule has 1 amide bonds. The van der Waals surface area contributed by atoms with Crippen LogP contribution in [0.25, 0.3) is 0 Å². The summed E-state index contributed by atoms with van der Waals surface area (Å²) in [6.07, 6.45) is 0. The van der Waals surface area contributed by atoms with Gasteiger partial charge in [-0.2, -0.15) is 4.31 Å². The lowest BCUT2D eigenvalue weighted by Crippen LogP contribution is -2.51. The smallest absolute Gasteiger partial charge is 0.270 e. The molecule has 1 fully saturated rings. The molecule has 0 radical (unpaired) electrons. The molecule has 1 saturated heterocycles. The van der Waals surface area contributed by atoms with E-state index in [2.05, 4.69) is 5.32 Å². The van der Waals surface area contributed by atoms with Crippen molar-refractivity contribution in [2.75, 3.05) is 39.3 Å². The molecule has 0 aromatic heterocycles. The van der Waals surface area contributed by atoms with E-state index in [4.69, 9.17) is 0 Å². The fourth-order valence-electron chi connectivity index (χ4n) is 2.70. The van der Waals surface area contributed by atoms with E-state index in [0.29, 0.717) is 25.2 Å². The molecule has 1 N–H and O–H groups in total. The second-order valence-corrected chi connectivity index (χ2v) is 7.75. The van der Waals surface area contributed by atoms with Crippen LogP contribution in [0.5, 0.6) is 0 Å². The molecule has 0 aliphatic carbocycles. The predicted octanol–water partition coefficient (Wildman–Crippen LogP) is 0.346. The number of nitro groups is 1. The van der Waals surface area contributed by atoms with Gasteiger partial charge in [-0.3, -0.25) is 19.8 Å². The molecule has 2 rings (SSSR count). The monoisotopic (exact) mass is 370 g/mol. The van der Waals surface area contributed by atoms with Gasteiger partial charge in [-0.15, -0.1) is 0 Å². The van der Waals surface area contributed by atoms with E-state index in [-0.39, 0.29) is 36.1 Å². The van der Waals surface area contributed by atoms with Gasteiger partial charge < -0.3 is 5.32 Å². The minimum atomic E-state index is -3.81. The quantitative estimate of drug-likeness (QED) is 0.571. The van der Waals surface area contributed by atoms with Crippen molar-refractivity contribution in [3.05, 3.63) is 33.9 Å². The van der Waals surface area contributed by atoms with Crippen molar-refractivity contribution in [1.29, 1.82) is 0 Å². The van der Waals surface area contributed by atoms with Gasteiger partial charge in [-0.1, -0.05) is 6.07 Å². The van der Waals surface area contributed by atoms with E-state index in [1.54, 1.807) is 6.92 Å². The Morgan fingerprint density at radius 3 is 2.48 bits per heavy atom. The molecule has 0 saturated carbocycles. The molecular weight excluding hydrogens is 348 g/mol. The van der Waals surface area contributed by atoms with E-state index in [1.807, 2.05) is 11.8 Å². The number of nitrogens with zero attached hydrogens (tertiary/aromatic N) is 3. The molecule has 138 valence electrons. The van der Waals surface area contributed by atoms with Crippen molar-refractivity contribution in [1.82, 2.24) is 14.5 Å². The summed E-state index contributed by atoms with van der Waals surface area (Å²) in [7, 11) is -3.81. The van der Waals surface area contributed by atoms with Crippen LogP contribution < -0.4 is 5.32 Å². The third kappa shape index (κ3) is 4.53.